The fraction of sp³-hybridized carbons (Fsp3) is 0.400. The first-order chi connectivity index (χ1) is 5.54. The third-order valence-electron chi connectivity index (χ3n) is 1.93. The molecule has 0 amide bonds. The van der Waals surface area contributed by atoms with Crippen LogP contribution in [0.25, 0.3) is 0 Å². The smallest absolute Gasteiger partial charge is 0.0629 e. The van der Waals surface area contributed by atoms with Crippen LogP contribution in [-0.4, -0.2) is 0 Å². The van der Waals surface area contributed by atoms with Crippen molar-refractivity contribution in [3.63, 3.8) is 0 Å². The maximum absolute atomic E-state index is 6.06. The number of hydrogen-bond donors (Lipinski definition) is 0. The molecule has 0 aliphatic heterocycles. The van der Waals surface area contributed by atoms with Gasteiger partial charge in [-0.3, -0.25) is 0 Å². The van der Waals surface area contributed by atoms with Crippen LogP contribution in [0.3, 0.4) is 0 Å². The second-order valence-electron chi connectivity index (χ2n) is 3.25. The predicted octanol–water partition coefficient (Wildman–Crippen LogP) is 4.42. The predicted molar refractivity (Wildman–Crippen MR) is 55.3 cm³/mol. The van der Waals surface area contributed by atoms with Crippen molar-refractivity contribution in [2.45, 2.75) is 26.7 Å². The van der Waals surface area contributed by atoms with Crippen molar-refractivity contribution in [3.05, 3.63) is 33.3 Å². The monoisotopic (exact) mass is 304 g/mol. The van der Waals surface area contributed by atoms with Crippen LogP contribution in [0.1, 0.15) is 30.9 Å². The molecular weight excluding hydrogens is 292 g/mol. The molecule has 0 unspecified atom stereocenters. The van der Waals surface area contributed by atoms with Gasteiger partial charge in [-0.25, -0.2) is 0 Å². The summed E-state index contributed by atoms with van der Waals surface area (Å²) < 4.78 is 0. The number of benzene rings is 1. The molecule has 74 valence electrons. The summed E-state index contributed by atoms with van der Waals surface area (Å²) in [6.45, 7) is 6.16. The van der Waals surface area contributed by atoms with Crippen molar-refractivity contribution in [2.75, 3.05) is 0 Å². The summed E-state index contributed by atoms with van der Waals surface area (Å²) in [5, 5.41) is 1.38. The molecule has 0 heterocycles. The van der Waals surface area contributed by atoms with E-state index in [0.29, 0.717) is 16.0 Å². The van der Waals surface area contributed by atoms with E-state index in [0.717, 1.165) is 11.1 Å². The van der Waals surface area contributed by atoms with Crippen LogP contribution in [0.5, 0.6) is 0 Å². The third kappa shape index (κ3) is 2.94. The molecule has 0 aliphatic carbocycles. The zero-order valence-corrected chi connectivity index (χ0v) is 11.1. The molecule has 13 heavy (non-hydrogen) atoms. The van der Waals surface area contributed by atoms with Crippen LogP contribution in [0, 0.1) is 6.92 Å². The minimum Gasteiger partial charge on any atom is -0.0824 e. The zero-order chi connectivity index (χ0) is 9.30. The van der Waals surface area contributed by atoms with Gasteiger partial charge in [0.15, 0.2) is 0 Å². The van der Waals surface area contributed by atoms with Crippen LogP contribution in [0.15, 0.2) is 12.1 Å². The van der Waals surface area contributed by atoms with Crippen molar-refractivity contribution in [1.82, 2.24) is 0 Å². The largest absolute Gasteiger partial charge is 0.0824 e. The minimum absolute atomic E-state index is 0. The van der Waals surface area contributed by atoms with Gasteiger partial charge in [-0.15, -0.1) is 0 Å². The summed E-state index contributed by atoms with van der Waals surface area (Å²) in [7, 11) is 0. The van der Waals surface area contributed by atoms with E-state index >= 15 is 0 Å². The topological polar surface area (TPSA) is 0 Å². The van der Waals surface area contributed by atoms with Crippen molar-refractivity contribution in [2.24, 2.45) is 0 Å². The van der Waals surface area contributed by atoms with Gasteiger partial charge in [0.1, 0.15) is 0 Å². The van der Waals surface area contributed by atoms with E-state index in [4.69, 9.17) is 23.2 Å². The second kappa shape index (κ2) is 5.34. The molecule has 1 aromatic rings. The number of hydrogen-bond acceptors (Lipinski definition) is 0. The standard InChI is InChI=1S/C10H12Cl2.Ru/c1-6(2)8-5-4-7(3)9(11)10(8)12;/h4-6H,1-3H3;. The molecule has 0 aromatic heterocycles. The van der Waals surface area contributed by atoms with E-state index in [1.165, 1.54) is 0 Å². The third-order valence-corrected chi connectivity index (χ3v) is 2.92. The molecule has 0 aliphatic rings. The van der Waals surface area contributed by atoms with Gasteiger partial charge in [0.25, 0.3) is 0 Å². The van der Waals surface area contributed by atoms with E-state index in [9.17, 15) is 0 Å². The van der Waals surface area contributed by atoms with Gasteiger partial charge in [0, 0.05) is 19.5 Å². The van der Waals surface area contributed by atoms with Crippen molar-refractivity contribution >= 4 is 23.2 Å². The Morgan fingerprint density at radius 2 is 1.62 bits per heavy atom. The van der Waals surface area contributed by atoms with Gasteiger partial charge in [-0.1, -0.05) is 49.2 Å². The Hall–Kier alpha value is 0.423. The van der Waals surface area contributed by atoms with Crippen LogP contribution < -0.4 is 0 Å². The summed E-state index contributed by atoms with van der Waals surface area (Å²) in [6, 6.07) is 4.04. The first-order valence-electron chi connectivity index (χ1n) is 3.98. The summed E-state index contributed by atoms with van der Waals surface area (Å²) in [6.07, 6.45) is 0. The Balaban J connectivity index is 0.00000144. The quantitative estimate of drug-likeness (QED) is 0.674. The molecule has 0 fully saturated rings. The fourth-order valence-corrected chi connectivity index (χ4v) is 1.71. The van der Waals surface area contributed by atoms with Crippen LogP contribution in [0.4, 0.5) is 0 Å². The Labute approximate surface area is 102 Å². The van der Waals surface area contributed by atoms with Gasteiger partial charge in [-0.05, 0) is 24.0 Å². The molecule has 1 rings (SSSR count). The summed E-state index contributed by atoms with van der Waals surface area (Å²) >= 11 is 12.1. The molecule has 0 nitrogen and oxygen atoms in total. The maximum atomic E-state index is 6.06. The van der Waals surface area contributed by atoms with Crippen molar-refractivity contribution < 1.29 is 19.5 Å². The number of halogens is 2. The van der Waals surface area contributed by atoms with Crippen LogP contribution in [0.2, 0.25) is 10.0 Å². The van der Waals surface area contributed by atoms with Gasteiger partial charge in [-0.2, -0.15) is 0 Å². The summed E-state index contributed by atoms with van der Waals surface area (Å²) in [5.41, 5.74) is 2.15. The first-order valence-corrected chi connectivity index (χ1v) is 4.74. The van der Waals surface area contributed by atoms with Gasteiger partial charge >= 0.3 is 0 Å². The molecule has 0 radical (unpaired) electrons. The average molecular weight is 304 g/mol. The molecule has 0 atom stereocenters. The van der Waals surface area contributed by atoms with E-state index in [-0.39, 0.29) is 19.5 Å². The van der Waals surface area contributed by atoms with E-state index in [2.05, 4.69) is 13.8 Å². The molecule has 0 saturated heterocycles. The molecule has 3 heteroatoms. The van der Waals surface area contributed by atoms with Crippen molar-refractivity contribution in [1.29, 1.82) is 0 Å². The molecule has 0 bridgehead atoms. The number of aryl methyl sites for hydroxylation is 1. The molecular formula is C10H12Cl2Ru. The first kappa shape index (κ1) is 13.4. The maximum Gasteiger partial charge on any atom is 0.0629 e. The molecule has 0 saturated carbocycles. The normalized spacial score (nSPS) is 10.0. The zero-order valence-electron chi connectivity index (χ0n) is 7.84. The molecule has 0 spiro atoms. The van der Waals surface area contributed by atoms with Gasteiger partial charge in [0.05, 0.1) is 10.0 Å². The van der Waals surface area contributed by atoms with Crippen LogP contribution >= 0.6 is 23.2 Å². The minimum atomic E-state index is 0. The Morgan fingerprint density at radius 3 is 2.08 bits per heavy atom. The second-order valence-corrected chi connectivity index (χ2v) is 4.01. The SMILES string of the molecule is Cc1ccc(C(C)C)c(Cl)c1Cl.[Ru]. The van der Waals surface area contributed by atoms with E-state index < -0.39 is 0 Å². The Kier molecular flexibility index (Phi) is 5.51. The van der Waals surface area contributed by atoms with E-state index in [1.54, 1.807) is 0 Å². The fourth-order valence-electron chi connectivity index (χ4n) is 1.11. The van der Waals surface area contributed by atoms with E-state index in [1.807, 2.05) is 19.1 Å². The van der Waals surface area contributed by atoms with Crippen LogP contribution in [-0.2, 0) is 19.5 Å². The molecule has 1 aromatic carbocycles. The Bertz CT molecular complexity index is 295. The average Bonchev–Trinajstić information content (AvgIpc) is 2.00. The molecule has 0 N–H and O–H groups in total. The van der Waals surface area contributed by atoms with Gasteiger partial charge < -0.3 is 0 Å². The van der Waals surface area contributed by atoms with Gasteiger partial charge in [0.2, 0.25) is 0 Å². The van der Waals surface area contributed by atoms with Crippen molar-refractivity contribution in [3.8, 4) is 0 Å². The number of rotatable bonds is 1. The summed E-state index contributed by atoms with van der Waals surface area (Å²) in [5.74, 6) is 0.426. The summed E-state index contributed by atoms with van der Waals surface area (Å²) in [4.78, 5) is 0. The Morgan fingerprint density at radius 1 is 1.08 bits per heavy atom.